The summed E-state index contributed by atoms with van der Waals surface area (Å²) in [7, 11) is 11.5. The largest absolute Gasteiger partial charge is 0.497 e. The second-order valence-corrected chi connectivity index (χ2v) is 19.2. The molecule has 0 radical (unpaired) electrons. The van der Waals surface area contributed by atoms with Crippen LogP contribution in [-0.4, -0.2) is 60.0 Å². The predicted molar refractivity (Wildman–Crippen MR) is 412 cm³/mol. The summed E-state index contributed by atoms with van der Waals surface area (Å²) >= 11 is 0. The molecular formula is C86H126O9. The third-order valence-electron chi connectivity index (χ3n) is 13.1. The summed E-state index contributed by atoms with van der Waals surface area (Å²) in [5.41, 5.74) is 10.6. The first-order valence-electron chi connectivity index (χ1n) is 34.1. The summed E-state index contributed by atoms with van der Waals surface area (Å²) in [6.07, 6.45) is 0. The third kappa shape index (κ3) is 39.1. The van der Waals surface area contributed by atoms with Crippen molar-refractivity contribution in [3.8, 4) is 40.2 Å². The highest BCUT2D eigenvalue weighted by molar-refractivity contribution is 5.47. The molecule has 9 rings (SSSR count). The van der Waals surface area contributed by atoms with Crippen LogP contribution in [0.1, 0.15) is 198 Å². The molecule has 9 aromatic carbocycles. The van der Waals surface area contributed by atoms with Crippen molar-refractivity contribution in [2.24, 2.45) is 0 Å². The van der Waals surface area contributed by atoms with Gasteiger partial charge in [-0.05, 0) is 148 Å². The van der Waals surface area contributed by atoms with Crippen molar-refractivity contribution in [3.05, 3.63) is 281 Å². The molecule has 9 heteroatoms. The second-order valence-electron chi connectivity index (χ2n) is 19.2. The fourth-order valence-electron chi connectivity index (χ4n) is 8.21. The van der Waals surface area contributed by atoms with Crippen molar-refractivity contribution in [1.29, 1.82) is 0 Å². The summed E-state index contributed by atoms with van der Waals surface area (Å²) in [4.78, 5) is 0. The van der Waals surface area contributed by atoms with E-state index in [9.17, 15) is 10.2 Å². The van der Waals surface area contributed by atoms with Crippen LogP contribution in [0, 0.1) is 6.92 Å². The Hall–Kier alpha value is -8.50. The third-order valence-corrected chi connectivity index (χ3v) is 13.1. The fourth-order valence-corrected chi connectivity index (χ4v) is 8.21. The van der Waals surface area contributed by atoms with Gasteiger partial charge in [0.2, 0.25) is 0 Å². The topological polar surface area (TPSA) is 105 Å². The SMILES string of the molecule is CC.CC.CC.CC.CC.CC.CC.CC(C)c1ccccc1.CC(C)c1ccccc1.COc1ccc(C(c2ccc(CO)cc2)C(c2ccc(C)cc2)c2ccc(CO)cc2)cc1.COc1ccc(OC)cc1.COc1ccc(OC)cc1.COc1ccc(OC)cc1. The molecule has 0 aliphatic heterocycles. The van der Waals surface area contributed by atoms with E-state index >= 15 is 0 Å². The molecule has 95 heavy (non-hydrogen) atoms. The second kappa shape index (κ2) is 62.9. The lowest BCUT2D eigenvalue weighted by atomic mass is 9.73. The van der Waals surface area contributed by atoms with Gasteiger partial charge >= 0.3 is 0 Å². The van der Waals surface area contributed by atoms with Gasteiger partial charge in [0.25, 0.3) is 0 Å². The van der Waals surface area contributed by atoms with Gasteiger partial charge in [0.15, 0.2) is 0 Å². The summed E-state index contributed by atoms with van der Waals surface area (Å²) < 4.78 is 35.2. The zero-order valence-electron chi connectivity index (χ0n) is 63.4. The molecule has 2 unspecified atom stereocenters. The van der Waals surface area contributed by atoms with E-state index in [4.69, 9.17) is 33.2 Å². The van der Waals surface area contributed by atoms with Crippen molar-refractivity contribution < 1.29 is 43.4 Å². The van der Waals surface area contributed by atoms with Crippen LogP contribution in [0.2, 0.25) is 0 Å². The minimum absolute atomic E-state index is 0.0253. The van der Waals surface area contributed by atoms with Crippen LogP contribution in [-0.2, 0) is 13.2 Å². The summed E-state index contributed by atoms with van der Waals surface area (Å²) in [5, 5.41) is 19.1. The van der Waals surface area contributed by atoms with Gasteiger partial charge in [-0.2, -0.15) is 0 Å². The molecule has 524 valence electrons. The maximum atomic E-state index is 9.55. The van der Waals surface area contributed by atoms with Crippen molar-refractivity contribution >= 4 is 0 Å². The van der Waals surface area contributed by atoms with E-state index in [-0.39, 0.29) is 25.0 Å². The maximum absolute atomic E-state index is 9.55. The molecule has 9 aromatic rings. The summed E-state index contributed by atoms with van der Waals surface area (Å²) in [6, 6.07) is 76.8. The van der Waals surface area contributed by atoms with Crippen LogP contribution < -0.4 is 33.2 Å². The maximum Gasteiger partial charge on any atom is 0.119 e. The Labute approximate surface area is 579 Å². The van der Waals surface area contributed by atoms with Crippen molar-refractivity contribution in [2.75, 3.05) is 49.8 Å². The lowest BCUT2D eigenvalue weighted by Gasteiger charge is -2.30. The van der Waals surface area contributed by atoms with Gasteiger partial charge in [0.05, 0.1) is 63.0 Å². The molecule has 9 nitrogen and oxygen atoms in total. The van der Waals surface area contributed by atoms with E-state index < -0.39 is 0 Å². The van der Waals surface area contributed by atoms with Gasteiger partial charge in [-0.15, -0.1) is 0 Å². The Morgan fingerprint density at radius 3 is 0.558 bits per heavy atom. The highest BCUT2D eigenvalue weighted by Gasteiger charge is 2.28. The Morgan fingerprint density at radius 2 is 0.400 bits per heavy atom. The van der Waals surface area contributed by atoms with E-state index in [2.05, 4.69) is 144 Å². The zero-order chi connectivity index (χ0) is 72.8. The Balaban J connectivity index is -0.000000554. The van der Waals surface area contributed by atoms with Crippen molar-refractivity contribution in [3.63, 3.8) is 0 Å². The predicted octanol–water partition coefficient (Wildman–Crippen LogP) is 23.9. The molecule has 0 bridgehead atoms. The molecule has 2 N–H and O–H groups in total. The Kier molecular flexibility index (Phi) is 61.5. The minimum atomic E-state index is 0.0253. The molecule has 0 amide bonds. The van der Waals surface area contributed by atoms with Crippen molar-refractivity contribution in [2.45, 2.75) is 168 Å². The van der Waals surface area contributed by atoms with Crippen molar-refractivity contribution in [1.82, 2.24) is 0 Å². The number of ether oxygens (including phenoxy) is 7. The molecule has 0 saturated heterocycles. The number of hydrogen-bond donors (Lipinski definition) is 2. The number of benzene rings is 9. The average Bonchev–Trinajstić information content (AvgIpc) is 0.797. The molecule has 0 saturated carbocycles. The van der Waals surface area contributed by atoms with E-state index in [1.54, 1.807) is 49.8 Å². The highest BCUT2D eigenvalue weighted by Crippen LogP contribution is 2.43. The van der Waals surface area contributed by atoms with Gasteiger partial charge in [0.1, 0.15) is 40.2 Å². The first kappa shape index (κ1) is 92.9. The molecule has 2 atom stereocenters. The molecule has 0 aromatic heterocycles. The average molecular weight is 1300 g/mol. The molecule has 0 heterocycles. The molecule has 0 spiro atoms. The number of hydrogen-bond acceptors (Lipinski definition) is 9. The molecular weight excluding hydrogens is 1180 g/mol. The first-order valence-corrected chi connectivity index (χ1v) is 34.1. The van der Waals surface area contributed by atoms with Crippen LogP contribution in [0.5, 0.6) is 40.2 Å². The normalized spacial score (nSPS) is 9.66. The summed E-state index contributed by atoms with van der Waals surface area (Å²) in [5.74, 6) is 7.34. The lowest BCUT2D eigenvalue weighted by molar-refractivity contribution is 0.281. The van der Waals surface area contributed by atoms with E-state index in [0.29, 0.717) is 11.8 Å². The van der Waals surface area contributed by atoms with E-state index in [1.165, 1.54) is 38.9 Å². The van der Waals surface area contributed by atoms with Gasteiger partial charge in [-0.1, -0.05) is 276 Å². The first-order chi connectivity index (χ1) is 46.3. The molecule has 0 fully saturated rings. The van der Waals surface area contributed by atoms with E-state index in [1.807, 2.05) is 218 Å². The minimum Gasteiger partial charge on any atom is -0.497 e. The van der Waals surface area contributed by atoms with Gasteiger partial charge in [-0.3, -0.25) is 0 Å². The van der Waals surface area contributed by atoms with Crippen LogP contribution in [0.25, 0.3) is 0 Å². The van der Waals surface area contributed by atoms with Crippen LogP contribution in [0.4, 0.5) is 0 Å². The molecule has 0 aliphatic rings. The number of rotatable bonds is 16. The van der Waals surface area contributed by atoms with Gasteiger partial charge in [-0.25, -0.2) is 0 Å². The van der Waals surface area contributed by atoms with Crippen LogP contribution in [0.15, 0.2) is 231 Å². The smallest absolute Gasteiger partial charge is 0.119 e. The fraction of sp³-hybridized carbons (Fsp3) is 0.372. The monoisotopic (exact) mass is 1300 g/mol. The lowest BCUT2D eigenvalue weighted by Crippen LogP contribution is -2.15. The number of methoxy groups -OCH3 is 7. The number of aliphatic hydroxyl groups excluding tert-OH is 2. The quantitative estimate of drug-likeness (QED) is 0.0978. The number of aryl methyl sites for hydroxylation is 1. The van der Waals surface area contributed by atoms with Gasteiger partial charge < -0.3 is 43.4 Å². The molecule has 0 aliphatic carbocycles. The zero-order valence-corrected chi connectivity index (χ0v) is 63.4. The number of aliphatic hydroxyl groups is 2. The standard InChI is InChI=1S/C30H30O3.2C9H12.3C8H10O2.7C2H6/c1-21-3-9-24(10-4-21)29(25-11-5-22(19-31)6-12-25)30(26-13-7-23(20-32)8-14-26)27-15-17-28(33-2)18-16-27;2*1-8(2)9-6-4-3-5-7-9;3*1-9-7-3-5-8(10-2)6-4-7;7*1-2/h3-18,29-32H,19-20H2,1-2H3;2*3-8H,1-2H3;3*3-6H,1-2H3;7*1-2H3. The summed E-state index contributed by atoms with van der Waals surface area (Å²) in [6.45, 7) is 39.0. The Morgan fingerprint density at radius 1 is 0.232 bits per heavy atom. The Bertz CT molecular complexity index is 2730. The van der Waals surface area contributed by atoms with E-state index in [0.717, 1.165) is 51.4 Å². The van der Waals surface area contributed by atoms with Crippen LogP contribution >= 0.6 is 0 Å². The van der Waals surface area contributed by atoms with Gasteiger partial charge in [0, 0.05) is 11.8 Å². The van der Waals surface area contributed by atoms with Crippen LogP contribution in [0.3, 0.4) is 0 Å². The highest BCUT2D eigenvalue weighted by atomic mass is 16.5.